The van der Waals surface area contributed by atoms with E-state index in [1.807, 2.05) is 5.38 Å². The molecule has 0 fully saturated rings. The zero-order valence-electron chi connectivity index (χ0n) is 8.18. The second-order valence-corrected chi connectivity index (χ2v) is 4.35. The molecule has 6 heteroatoms. The Balaban J connectivity index is 2.01. The Morgan fingerprint density at radius 2 is 2.38 bits per heavy atom. The zero-order valence-corrected chi connectivity index (χ0v) is 9.76. The fraction of sp³-hybridized carbons (Fsp3) is 0.100. The van der Waals surface area contributed by atoms with Crippen molar-refractivity contribution >= 4 is 28.8 Å². The highest BCUT2D eigenvalue weighted by Crippen LogP contribution is 2.13. The van der Waals surface area contributed by atoms with Gasteiger partial charge < -0.3 is 5.32 Å². The SMILES string of the molecule is O=C(NCc1nccs1)c1cnccc1Cl. The van der Waals surface area contributed by atoms with Crippen LogP contribution in [0.2, 0.25) is 5.02 Å². The summed E-state index contributed by atoms with van der Waals surface area (Å²) in [6.07, 6.45) is 4.68. The van der Waals surface area contributed by atoms with Gasteiger partial charge in [-0.2, -0.15) is 0 Å². The minimum Gasteiger partial charge on any atom is -0.345 e. The molecule has 0 saturated carbocycles. The lowest BCUT2D eigenvalue weighted by atomic mass is 10.2. The average Bonchev–Trinajstić information content (AvgIpc) is 2.79. The molecule has 0 aliphatic heterocycles. The van der Waals surface area contributed by atoms with Crippen LogP contribution in [0.1, 0.15) is 15.4 Å². The normalized spacial score (nSPS) is 10.1. The number of halogens is 1. The maximum absolute atomic E-state index is 11.7. The van der Waals surface area contributed by atoms with Gasteiger partial charge in [-0.3, -0.25) is 9.78 Å². The van der Waals surface area contributed by atoms with Gasteiger partial charge in [0.2, 0.25) is 0 Å². The lowest BCUT2D eigenvalue weighted by molar-refractivity contribution is 0.0950. The third kappa shape index (κ3) is 2.56. The van der Waals surface area contributed by atoms with Crippen molar-refractivity contribution in [2.75, 3.05) is 0 Å². The first-order valence-electron chi connectivity index (χ1n) is 4.53. The molecule has 0 atom stereocenters. The van der Waals surface area contributed by atoms with E-state index < -0.39 is 0 Å². The summed E-state index contributed by atoms with van der Waals surface area (Å²) in [5.41, 5.74) is 0.376. The van der Waals surface area contributed by atoms with Crippen molar-refractivity contribution in [1.29, 1.82) is 0 Å². The molecular formula is C10H8ClN3OS. The molecule has 0 bridgehead atoms. The molecule has 2 aromatic rings. The summed E-state index contributed by atoms with van der Waals surface area (Å²) in [5.74, 6) is -0.242. The second-order valence-electron chi connectivity index (χ2n) is 2.96. The molecule has 0 aromatic carbocycles. The minimum absolute atomic E-state index is 0.242. The number of hydrogen-bond acceptors (Lipinski definition) is 4. The summed E-state index contributed by atoms with van der Waals surface area (Å²) >= 11 is 7.36. The number of hydrogen-bond donors (Lipinski definition) is 1. The molecule has 1 N–H and O–H groups in total. The van der Waals surface area contributed by atoms with Crippen LogP contribution in [0.5, 0.6) is 0 Å². The summed E-state index contributed by atoms with van der Waals surface area (Å²) in [5, 5.41) is 5.84. The highest BCUT2D eigenvalue weighted by atomic mass is 35.5. The molecule has 0 aliphatic carbocycles. The number of nitrogens with zero attached hydrogens (tertiary/aromatic N) is 2. The second kappa shape index (κ2) is 5.05. The van der Waals surface area contributed by atoms with Gasteiger partial charge in [0.15, 0.2) is 0 Å². The molecule has 16 heavy (non-hydrogen) atoms. The number of carbonyl (C=O) groups is 1. The summed E-state index contributed by atoms with van der Waals surface area (Å²) in [6, 6.07) is 1.58. The molecule has 4 nitrogen and oxygen atoms in total. The van der Waals surface area contributed by atoms with Crippen LogP contribution in [0.4, 0.5) is 0 Å². The van der Waals surface area contributed by atoms with E-state index in [-0.39, 0.29) is 5.91 Å². The van der Waals surface area contributed by atoms with Crippen LogP contribution in [-0.2, 0) is 6.54 Å². The van der Waals surface area contributed by atoms with E-state index in [0.717, 1.165) is 5.01 Å². The molecule has 0 spiro atoms. The Kier molecular flexibility index (Phi) is 3.48. The Labute approximate surface area is 101 Å². The van der Waals surface area contributed by atoms with Crippen LogP contribution >= 0.6 is 22.9 Å². The highest BCUT2D eigenvalue weighted by molar-refractivity contribution is 7.09. The molecular weight excluding hydrogens is 246 g/mol. The molecule has 2 heterocycles. The molecule has 1 amide bonds. The Bertz CT molecular complexity index is 487. The predicted octanol–water partition coefficient (Wildman–Crippen LogP) is 2.12. The lowest BCUT2D eigenvalue weighted by Crippen LogP contribution is -2.23. The number of carbonyl (C=O) groups excluding carboxylic acids is 1. The maximum atomic E-state index is 11.7. The van der Waals surface area contributed by atoms with Gasteiger partial charge in [-0.1, -0.05) is 11.6 Å². The van der Waals surface area contributed by atoms with Gasteiger partial charge in [-0.25, -0.2) is 4.98 Å². The number of nitrogens with one attached hydrogen (secondary N) is 1. The third-order valence-corrected chi connectivity index (χ3v) is 3.01. The van der Waals surface area contributed by atoms with E-state index in [0.29, 0.717) is 17.1 Å². The minimum atomic E-state index is -0.242. The fourth-order valence-corrected chi connectivity index (χ4v) is 1.88. The highest BCUT2D eigenvalue weighted by Gasteiger charge is 2.09. The van der Waals surface area contributed by atoms with Crippen LogP contribution in [0.25, 0.3) is 0 Å². The number of amides is 1. The average molecular weight is 254 g/mol. The van der Waals surface area contributed by atoms with Gasteiger partial charge in [-0.15, -0.1) is 11.3 Å². The fourth-order valence-electron chi connectivity index (χ4n) is 1.14. The Hall–Kier alpha value is -1.46. The van der Waals surface area contributed by atoms with E-state index in [4.69, 9.17) is 11.6 Å². The zero-order chi connectivity index (χ0) is 11.4. The van der Waals surface area contributed by atoms with Gasteiger partial charge >= 0.3 is 0 Å². The smallest absolute Gasteiger partial charge is 0.254 e. The Morgan fingerprint density at radius 3 is 3.06 bits per heavy atom. The van der Waals surface area contributed by atoms with Crippen molar-refractivity contribution in [2.45, 2.75) is 6.54 Å². The lowest BCUT2D eigenvalue weighted by Gasteiger charge is -2.03. The molecule has 2 aromatic heterocycles. The van der Waals surface area contributed by atoms with Crippen molar-refractivity contribution in [3.63, 3.8) is 0 Å². The molecule has 0 unspecified atom stereocenters. The van der Waals surface area contributed by atoms with E-state index in [9.17, 15) is 4.79 Å². The molecule has 0 saturated heterocycles. The first-order valence-corrected chi connectivity index (χ1v) is 5.79. The third-order valence-electron chi connectivity index (χ3n) is 1.90. The van der Waals surface area contributed by atoms with Crippen LogP contribution < -0.4 is 5.32 Å². The van der Waals surface area contributed by atoms with Gasteiger partial charge in [0.1, 0.15) is 5.01 Å². The van der Waals surface area contributed by atoms with Crippen molar-refractivity contribution < 1.29 is 4.79 Å². The van der Waals surface area contributed by atoms with E-state index >= 15 is 0 Å². The van der Waals surface area contributed by atoms with Gasteiger partial charge in [0.25, 0.3) is 5.91 Å². The van der Waals surface area contributed by atoms with Crippen LogP contribution in [0.15, 0.2) is 30.0 Å². The predicted molar refractivity (Wildman–Crippen MR) is 62.5 cm³/mol. The standard InChI is InChI=1S/C10H8ClN3OS/c11-8-1-2-12-5-7(8)10(15)14-6-9-13-3-4-16-9/h1-5H,6H2,(H,14,15). The topological polar surface area (TPSA) is 54.9 Å². The quantitative estimate of drug-likeness (QED) is 0.912. The largest absolute Gasteiger partial charge is 0.345 e. The number of aromatic nitrogens is 2. The molecule has 82 valence electrons. The summed E-state index contributed by atoms with van der Waals surface area (Å²) in [6.45, 7) is 0.404. The van der Waals surface area contributed by atoms with Crippen molar-refractivity contribution in [1.82, 2.24) is 15.3 Å². The maximum Gasteiger partial charge on any atom is 0.254 e. The van der Waals surface area contributed by atoms with Crippen molar-refractivity contribution in [3.05, 3.63) is 45.6 Å². The van der Waals surface area contributed by atoms with Crippen molar-refractivity contribution in [2.24, 2.45) is 0 Å². The Morgan fingerprint density at radius 1 is 1.50 bits per heavy atom. The summed E-state index contributed by atoms with van der Waals surface area (Å²) < 4.78 is 0. The van der Waals surface area contributed by atoms with Crippen LogP contribution in [0.3, 0.4) is 0 Å². The van der Waals surface area contributed by atoms with Crippen LogP contribution in [-0.4, -0.2) is 15.9 Å². The first kappa shape index (κ1) is 11.0. The summed E-state index contributed by atoms with van der Waals surface area (Å²) in [4.78, 5) is 19.6. The van der Waals surface area contributed by atoms with Crippen LogP contribution in [0, 0.1) is 0 Å². The molecule has 2 rings (SSSR count). The van der Waals surface area contributed by atoms with Gasteiger partial charge in [-0.05, 0) is 6.07 Å². The molecule has 0 aliphatic rings. The number of thiazole rings is 1. The van der Waals surface area contributed by atoms with E-state index in [1.54, 1.807) is 18.5 Å². The molecule has 0 radical (unpaired) electrons. The first-order chi connectivity index (χ1) is 7.77. The number of rotatable bonds is 3. The van der Waals surface area contributed by atoms with E-state index in [2.05, 4.69) is 15.3 Å². The van der Waals surface area contributed by atoms with E-state index in [1.165, 1.54) is 17.5 Å². The summed E-state index contributed by atoms with van der Waals surface area (Å²) in [7, 11) is 0. The monoisotopic (exact) mass is 253 g/mol. The van der Waals surface area contributed by atoms with Gasteiger partial charge in [0.05, 0.1) is 17.1 Å². The van der Waals surface area contributed by atoms with Crippen molar-refractivity contribution in [3.8, 4) is 0 Å². The number of pyridine rings is 1. The van der Waals surface area contributed by atoms with Gasteiger partial charge in [0, 0.05) is 24.0 Å².